The molecule has 0 aliphatic rings. The van der Waals surface area contributed by atoms with Gasteiger partial charge in [-0.3, -0.25) is 0 Å². The summed E-state index contributed by atoms with van der Waals surface area (Å²) in [6, 6.07) is 10.4. The Morgan fingerprint density at radius 1 is 1.17 bits per heavy atom. The molecule has 0 atom stereocenters. The molecule has 1 rings (SSSR count). The third-order valence-corrected chi connectivity index (χ3v) is 2.31. The van der Waals surface area contributed by atoms with Crippen molar-refractivity contribution in [3.05, 3.63) is 46.7 Å². The summed E-state index contributed by atoms with van der Waals surface area (Å²) in [5.74, 6) is 0. The Balaban J connectivity index is 2.93. The van der Waals surface area contributed by atoms with E-state index in [2.05, 4.69) is 41.9 Å². The number of hydrogen-bond donors (Lipinski definition) is 0. The van der Waals surface area contributed by atoms with Crippen LogP contribution in [-0.4, -0.2) is 0 Å². The highest BCUT2D eigenvalue weighted by Gasteiger charge is 1.83. The van der Waals surface area contributed by atoms with E-state index in [1.165, 1.54) is 18.4 Å². The molecule has 0 unspecified atom stereocenters. The van der Waals surface area contributed by atoms with Gasteiger partial charge in [-0.05, 0) is 22.7 Å². The first-order valence-corrected chi connectivity index (χ1v) is 5.22. The second-order valence-electron chi connectivity index (χ2n) is 2.65. The van der Waals surface area contributed by atoms with Gasteiger partial charge in [-0.1, -0.05) is 43.7 Å². The molecule has 1 aromatic rings. The van der Waals surface area contributed by atoms with Crippen LogP contribution in [-0.2, 0) is 6.42 Å². The van der Waals surface area contributed by atoms with Gasteiger partial charge in [0, 0.05) is 0 Å². The molecule has 0 amide bonds. The van der Waals surface area contributed by atoms with E-state index in [0.717, 1.165) is 0 Å². The lowest BCUT2D eigenvalue weighted by atomic mass is 10.2. The number of aryl methyl sites for hydroxylation is 1. The molecule has 0 aliphatic heterocycles. The van der Waals surface area contributed by atoms with E-state index >= 15 is 0 Å². The molecule has 1 heterocycles. The van der Waals surface area contributed by atoms with Crippen molar-refractivity contribution in [3.8, 4) is 0 Å². The molecule has 0 nitrogen and oxygen atoms in total. The van der Waals surface area contributed by atoms with Crippen LogP contribution in [0, 0.1) is 0 Å². The van der Waals surface area contributed by atoms with Gasteiger partial charge in [0.25, 0.3) is 0 Å². The van der Waals surface area contributed by atoms with E-state index in [1.807, 2.05) is 6.07 Å². The van der Waals surface area contributed by atoms with Crippen LogP contribution < -0.4 is 0 Å². The van der Waals surface area contributed by atoms with Crippen molar-refractivity contribution in [1.82, 2.24) is 0 Å². The van der Waals surface area contributed by atoms with Gasteiger partial charge in [-0.15, -0.1) is 0 Å². The fourth-order valence-electron chi connectivity index (χ4n) is 0.995. The second kappa shape index (κ2) is 5.78. The van der Waals surface area contributed by atoms with E-state index < -0.39 is 0 Å². The van der Waals surface area contributed by atoms with Crippen LogP contribution in [0.2, 0.25) is 0 Å². The van der Waals surface area contributed by atoms with Crippen LogP contribution in [0.4, 0.5) is 0 Å². The number of hydrogen-bond acceptors (Lipinski definition) is 1. The Labute approximate surface area is 78.2 Å². The zero-order chi connectivity index (χ0) is 8.65. The van der Waals surface area contributed by atoms with Gasteiger partial charge in [0.2, 0.25) is 0 Å². The predicted octanol–water partition coefficient (Wildman–Crippen LogP) is 3.83. The Morgan fingerprint density at radius 2 is 2.00 bits per heavy atom. The van der Waals surface area contributed by atoms with Crippen molar-refractivity contribution in [2.75, 3.05) is 0 Å². The van der Waals surface area contributed by atoms with Crippen molar-refractivity contribution >= 4 is 11.3 Å². The van der Waals surface area contributed by atoms with Gasteiger partial charge in [-0.2, -0.15) is 11.3 Å². The summed E-state index contributed by atoms with van der Waals surface area (Å²) in [6.45, 7) is 2.21. The maximum atomic E-state index is 2.21. The Hall–Kier alpha value is -0.820. The van der Waals surface area contributed by atoms with Gasteiger partial charge in [-0.25, -0.2) is 0 Å². The van der Waals surface area contributed by atoms with Gasteiger partial charge in [0.15, 0.2) is 0 Å². The van der Waals surface area contributed by atoms with E-state index in [1.54, 1.807) is 11.3 Å². The SMILES string of the molecule is CCCc1ccccccsc1. The normalized spacial score (nSPS) is 9.08. The van der Waals surface area contributed by atoms with Crippen molar-refractivity contribution in [3.63, 3.8) is 0 Å². The lowest BCUT2D eigenvalue weighted by Gasteiger charge is -1.90. The van der Waals surface area contributed by atoms with E-state index in [9.17, 15) is 0 Å². The first-order chi connectivity index (χ1) is 5.93. The highest BCUT2D eigenvalue weighted by atomic mass is 32.1. The monoisotopic (exact) mass is 178 g/mol. The van der Waals surface area contributed by atoms with Gasteiger partial charge >= 0.3 is 0 Å². The molecule has 0 aromatic carbocycles. The fraction of sp³-hybridized carbons (Fsp3) is 0.273. The molecule has 0 spiro atoms. The van der Waals surface area contributed by atoms with Crippen molar-refractivity contribution < 1.29 is 0 Å². The summed E-state index contributed by atoms with van der Waals surface area (Å²) in [7, 11) is 0. The topological polar surface area (TPSA) is 0 Å². The summed E-state index contributed by atoms with van der Waals surface area (Å²) in [5.41, 5.74) is 1.42. The average Bonchev–Trinajstić information content (AvgIpc) is 2.19. The van der Waals surface area contributed by atoms with E-state index in [0.29, 0.717) is 0 Å². The number of rotatable bonds is 2. The van der Waals surface area contributed by atoms with Crippen LogP contribution in [0.5, 0.6) is 0 Å². The van der Waals surface area contributed by atoms with Crippen molar-refractivity contribution in [2.24, 2.45) is 0 Å². The molecule has 12 heavy (non-hydrogen) atoms. The summed E-state index contributed by atoms with van der Waals surface area (Å²) >= 11 is 1.75. The molecule has 0 saturated heterocycles. The molecule has 0 saturated carbocycles. The lowest BCUT2D eigenvalue weighted by Crippen LogP contribution is -1.76. The minimum Gasteiger partial charge on any atom is -0.152 e. The maximum Gasteiger partial charge on any atom is -0.00615 e. The highest BCUT2D eigenvalue weighted by Crippen LogP contribution is 2.02. The maximum absolute atomic E-state index is 2.21. The molecule has 0 radical (unpaired) electrons. The Morgan fingerprint density at radius 3 is 2.83 bits per heavy atom. The fourth-order valence-corrected chi connectivity index (χ4v) is 1.63. The zero-order valence-electron chi connectivity index (χ0n) is 7.36. The summed E-state index contributed by atoms with van der Waals surface area (Å²) in [5, 5.41) is 4.31. The third-order valence-electron chi connectivity index (χ3n) is 1.56. The van der Waals surface area contributed by atoms with Crippen LogP contribution >= 0.6 is 11.3 Å². The second-order valence-corrected chi connectivity index (χ2v) is 3.43. The van der Waals surface area contributed by atoms with Crippen LogP contribution in [0.25, 0.3) is 0 Å². The minimum atomic E-state index is 1.17. The Kier molecular flexibility index (Phi) is 4.47. The molecule has 0 N–H and O–H groups in total. The van der Waals surface area contributed by atoms with Crippen LogP contribution in [0.15, 0.2) is 41.1 Å². The lowest BCUT2D eigenvalue weighted by molar-refractivity contribution is 0.925. The Bertz CT molecular complexity index is 237. The van der Waals surface area contributed by atoms with E-state index in [4.69, 9.17) is 0 Å². The average molecular weight is 178 g/mol. The smallest absolute Gasteiger partial charge is 0.00615 e. The van der Waals surface area contributed by atoms with Crippen LogP contribution in [0.3, 0.4) is 0 Å². The standard InChI is InChI=1S/C11H14S/c1-2-7-11-8-5-3-4-6-9-12-10-11/h3-6,8-10H,2,7H2,1H3. The summed E-state index contributed by atoms with van der Waals surface area (Å²) in [4.78, 5) is 0. The van der Waals surface area contributed by atoms with E-state index in [-0.39, 0.29) is 0 Å². The zero-order valence-corrected chi connectivity index (χ0v) is 8.18. The quantitative estimate of drug-likeness (QED) is 0.645. The summed E-state index contributed by atoms with van der Waals surface area (Å²) in [6.07, 6.45) is 2.38. The van der Waals surface area contributed by atoms with Crippen molar-refractivity contribution in [1.29, 1.82) is 0 Å². The molecular weight excluding hydrogens is 164 g/mol. The summed E-state index contributed by atoms with van der Waals surface area (Å²) < 4.78 is 0. The molecule has 1 aromatic heterocycles. The predicted molar refractivity (Wildman–Crippen MR) is 55.9 cm³/mol. The van der Waals surface area contributed by atoms with Gasteiger partial charge in [0.1, 0.15) is 0 Å². The van der Waals surface area contributed by atoms with Gasteiger partial charge < -0.3 is 0 Å². The highest BCUT2D eigenvalue weighted by molar-refractivity contribution is 7.07. The molecule has 1 heteroatoms. The van der Waals surface area contributed by atoms with Crippen LogP contribution in [0.1, 0.15) is 18.9 Å². The molecule has 64 valence electrons. The van der Waals surface area contributed by atoms with Crippen molar-refractivity contribution in [2.45, 2.75) is 19.8 Å². The largest absolute Gasteiger partial charge is 0.152 e. The first-order valence-electron chi connectivity index (χ1n) is 4.28. The molecular formula is C11H14S. The minimum absolute atomic E-state index is 1.17. The third kappa shape index (κ3) is 3.54. The van der Waals surface area contributed by atoms with Gasteiger partial charge in [0.05, 0.1) is 0 Å². The molecule has 0 bridgehead atoms. The molecule has 0 aliphatic carbocycles. The first kappa shape index (κ1) is 9.27. The molecule has 0 fully saturated rings.